The van der Waals surface area contributed by atoms with Crippen LogP contribution >= 0.6 is 24.0 Å². The molecule has 0 spiro atoms. The fraction of sp³-hybridized carbons (Fsp3) is 0.444. The van der Waals surface area contributed by atoms with Crippen molar-refractivity contribution in [2.75, 3.05) is 13.1 Å². The van der Waals surface area contributed by atoms with E-state index in [1.54, 1.807) is 0 Å². The summed E-state index contributed by atoms with van der Waals surface area (Å²) < 4.78 is 58.8. The predicted molar refractivity (Wildman–Crippen MR) is 113 cm³/mol. The summed E-state index contributed by atoms with van der Waals surface area (Å²) in [5.41, 5.74) is -0.953. The van der Waals surface area contributed by atoms with Crippen LogP contribution in [0.3, 0.4) is 0 Å². The summed E-state index contributed by atoms with van der Waals surface area (Å²) in [6.45, 7) is 4.37. The first-order valence-electron chi connectivity index (χ1n) is 8.73. The molecule has 6 nitrogen and oxygen atoms in total. The maximum atomic E-state index is 13.0. The van der Waals surface area contributed by atoms with E-state index in [1.165, 1.54) is 37.5 Å². The molecule has 11 heteroatoms. The van der Waals surface area contributed by atoms with Gasteiger partial charge in [0.05, 0.1) is 13.1 Å². The highest BCUT2D eigenvalue weighted by Gasteiger charge is 2.36. The van der Waals surface area contributed by atoms with Gasteiger partial charge in [0.25, 0.3) is 0 Å². The summed E-state index contributed by atoms with van der Waals surface area (Å²) in [7, 11) is 1.43. The Bertz CT molecular complexity index is 793. The van der Waals surface area contributed by atoms with Crippen molar-refractivity contribution >= 4 is 29.9 Å². The molecule has 0 aliphatic rings. The van der Waals surface area contributed by atoms with Crippen molar-refractivity contribution in [3.63, 3.8) is 0 Å². The SMILES string of the molecule is CCNC(=NCc1cn(C)nc1C(F)(F)F)NCC(C)Oc1ccc(F)cc1.I. The fourth-order valence-corrected chi connectivity index (χ4v) is 2.43. The third-order valence-corrected chi connectivity index (χ3v) is 3.63. The first-order valence-corrected chi connectivity index (χ1v) is 8.73. The Morgan fingerprint density at radius 1 is 1.24 bits per heavy atom. The van der Waals surface area contributed by atoms with Gasteiger partial charge in [-0.05, 0) is 38.1 Å². The van der Waals surface area contributed by atoms with Gasteiger partial charge < -0.3 is 15.4 Å². The second-order valence-electron chi connectivity index (χ2n) is 6.13. The largest absolute Gasteiger partial charge is 0.489 e. The third kappa shape index (κ3) is 8.07. The molecule has 2 rings (SSSR count). The molecule has 0 saturated heterocycles. The number of benzene rings is 1. The van der Waals surface area contributed by atoms with Crippen LogP contribution in [-0.2, 0) is 19.8 Å². The number of nitrogens with zero attached hydrogens (tertiary/aromatic N) is 3. The van der Waals surface area contributed by atoms with Crippen LogP contribution in [0.25, 0.3) is 0 Å². The maximum Gasteiger partial charge on any atom is 0.435 e. The molecule has 1 unspecified atom stereocenters. The molecule has 0 aliphatic carbocycles. The van der Waals surface area contributed by atoms with E-state index < -0.39 is 11.9 Å². The Balaban J connectivity index is 0.00000420. The Labute approximate surface area is 183 Å². The second-order valence-corrected chi connectivity index (χ2v) is 6.13. The standard InChI is InChI=1S/C18H23F4N5O.HI/c1-4-23-17(24-9-12(2)28-15-7-5-14(19)6-8-15)25-10-13-11-27(3)26-16(13)18(20,21)22;/h5-8,11-12H,4,9-10H2,1-3H3,(H2,23,24,25);1H. The summed E-state index contributed by atoms with van der Waals surface area (Å²) in [5, 5.41) is 9.46. The summed E-state index contributed by atoms with van der Waals surface area (Å²) in [5.74, 6) is 0.519. The Morgan fingerprint density at radius 2 is 1.90 bits per heavy atom. The minimum atomic E-state index is -4.53. The normalized spacial score (nSPS) is 12.9. The average molecular weight is 529 g/mol. The number of halogens is 5. The first kappa shape index (κ1) is 25.0. The lowest BCUT2D eigenvalue weighted by molar-refractivity contribution is -0.142. The molecule has 1 aromatic heterocycles. The molecule has 2 aromatic rings. The molecule has 1 atom stereocenters. The monoisotopic (exact) mass is 529 g/mol. The Hall–Kier alpha value is -2.05. The van der Waals surface area contributed by atoms with E-state index in [0.29, 0.717) is 24.8 Å². The van der Waals surface area contributed by atoms with Crippen LogP contribution in [0.15, 0.2) is 35.5 Å². The number of hydrogen-bond donors (Lipinski definition) is 2. The van der Waals surface area contributed by atoms with Gasteiger partial charge in [-0.15, -0.1) is 24.0 Å². The van der Waals surface area contributed by atoms with E-state index in [9.17, 15) is 17.6 Å². The van der Waals surface area contributed by atoms with Gasteiger partial charge in [0.15, 0.2) is 11.7 Å². The van der Waals surface area contributed by atoms with Crippen molar-refractivity contribution < 1.29 is 22.3 Å². The van der Waals surface area contributed by atoms with E-state index in [2.05, 4.69) is 20.7 Å². The van der Waals surface area contributed by atoms with E-state index in [1.807, 2.05) is 13.8 Å². The van der Waals surface area contributed by atoms with Gasteiger partial charge in [-0.3, -0.25) is 4.68 Å². The molecule has 1 aromatic carbocycles. The van der Waals surface area contributed by atoms with Crippen LogP contribution in [0.1, 0.15) is 25.1 Å². The van der Waals surface area contributed by atoms with Crippen LogP contribution in [0, 0.1) is 5.82 Å². The lowest BCUT2D eigenvalue weighted by atomic mass is 10.2. The Kier molecular flexibility index (Phi) is 9.66. The van der Waals surface area contributed by atoms with Gasteiger partial charge >= 0.3 is 6.18 Å². The van der Waals surface area contributed by atoms with Gasteiger partial charge in [0, 0.05) is 25.4 Å². The van der Waals surface area contributed by atoms with Gasteiger partial charge in [0.2, 0.25) is 0 Å². The number of rotatable bonds is 7. The molecule has 29 heavy (non-hydrogen) atoms. The summed E-state index contributed by atoms with van der Waals surface area (Å²) in [4.78, 5) is 4.20. The molecular formula is C18H24F4IN5O. The summed E-state index contributed by atoms with van der Waals surface area (Å²) in [6.07, 6.45) is -3.51. The summed E-state index contributed by atoms with van der Waals surface area (Å²) >= 11 is 0. The molecule has 2 N–H and O–H groups in total. The minimum absolute atomic E-state index is 0. The molecule has 0 saturated carbocycles. The molecule has 0 radical (unpaired) electrons. The van der Waals surface area contributed by atoms with Crippen LogP contribution in [-0.4, -0.2) is 34.9 Å². The van der Waals surface area contributed by atoms with Gasteiger partial charge in [-0.25, -0.2) is 9.38 Å². The highest BCUT2D eigenvalue weighted by molar-refractivity contribution is 14.0. The van der Waals surface area contributed by atoms with Crippen molar-refractivity contribution in [3.8, 4) is 5.75 Å². The van der Waals surface area contributed by atoms with Gasteiger partial charge in [0.1, 0.15) is 17.7 Å². The average Bonchev–Trinajstić information content (AvgIpc) is 3.00. The highest BCUT2D eigenvalue weighted by atomic mass is 127. The number of aliphatic imine (C=N–C) groups is 1. The smallest absolute Gasteiger partial charge is 0.435 e. The number of alkyl halides is 3. The molecule has 0 amide bonds. The van der Waals surface area contributed by atoms with Crippen molar-refractivity contribution in [3.05, 3.63) is 47.5 Å². The van der Waals surface area contributed by atoms with E-state index in [0.717, 1.165) is 4.68 Å². The number of nitrogens with one attached hydrogen (secondary N) is 2. The van der Waals surface area contributed by atoms with Gasteiger partial charge in [-0.1, -0.05) is 0 Å². The van der Waals surface area contributed by atoms with Gasteiger partial charge in [-0.2, -0.15) is 18.3 Å². The zero-order chi connectivity index (χ0) is 20.7. The summed E-state index contributed by atoms with van der Waals surface area (Å²) in [6, 6.07) is 5.64. The van der Waals surface area contributed by atoms with Crippen LogP contribution < -0.4 is 15.4 Å². The molecule has 1 heterocycles. The molecular weight excluding hydrogens is 505 g/mol. The molecule has 162 valence electrons. The van der Waals surface area contributed by atoms with Crippen molar-refractivity contribution in [1.82, 2.24) is 20.4 Å². The first-order chi connectivity index (χ1) is 13.2. The molecule has 0 fully saturated rings. The third-order valence-electron chi connectivity index (χ3n) is 3.63. The number of aromatic nitrogens is 2. The maximum absolute atomic E-state index is 13.0. The van der Waals surface area contributed by atoms with E-state index in [4.69, 9.17) is 4.74 Å². The number of guanidine groups is 1. The fourth-order valence-electron chi connectivity index (χ4n) is 2.43. The number of ether oxygens (including phenoxy) is 1. The van der Waals surface area contributed by atoms with Crippen molar-refractivity contribution in [2.45, 2.75) is 32.7 Å². The molecule has 0 aliphatic heterocycles. The number of aryl methyl sites for hydroxylation is 1. The van der Waals surface area contributed by atoms with Crippen LogP contribution in [0.4, 0.5) is 17.6 Å². The number of hydrogen-bond acceptors (Lipinski definition) is 3. The van der Waals surface area contributed by atoms with Crippen LogP contribution in [0.2, 0.25) is 0 Å². The lowest BCUT2D eigenvalue weighted by Crippen LogP contribution is -2.41. The van der Waals surface area contributed by atoms with Crippen LogP contribution in [0.5, 0.6) is 5.75 Å². The zero-order valence-electron chi connectivity index (χ0n) is 16.3. The second kappa shape index (κ2) is 11.2. The Morgan fingerprint density at radius 3 is 2.48 bits per heavy atom. The molecule has 0 bridgehead atoms. The zero-order valence-corrected chi connectivity index (χ0v) is 18.6. The van der Waals surface area contributed by atoms with Crippen molar-refractivity contribution in [2.24, 2.45) is 12.0 Å². The van der Waals surface area contributed by atoms with Crippen molar-refractivity contribution in [1.29, 1.82) is 0 Å². The topological polar surface area (TPSA) is 63.5 Å². The van der Waals surface area contributed by atoms with E-state index in [-0.39, 0.29) is 48.0 Å². The lowest BCUT2D eigenvalue weighted by Gasteiger charge is -2.17. The van der Waals surface area contributed by atoms with E-state index >= 15 is 0 Å². The minimum Gasteiger partial charge on any atom is -0.489 e. The quantitative estimate of drug-likeness (QED) is 0.249. The predicted octanol–water partition coefficient (Wildman–Crippen LogP) is 3.72. The highest BCUT2D eigenvalue weighted by Crippen LogP contribution is 2.30.